The average molecular weight is 137 g/mol. The van der Waals surface area contributed by atoms with Gasteiger partial charge in [-0.05, 0) is 0 Å². The van der Waals surface area contributed by atoms with Crippen LogP contribution in [0.25, 0.3) is 0 Å². The van der Waals surface area contributed by atoms with E-state index in [0.29, 0.717) is 5.56 Å². The Morgan fingerprint density at radius 1 is 1.60 bits per heavy atom. The van der Waals surface area contributed by atoms with Crippen molar-refractivity contribution in [3.8, 4) is 0 Å². The van der Waals surface area contributed by atoms with Crippen LogP contribution in [0.3, 0.4) is 0 Å². The van der Waals surface area contributed by atoms with Crippen LogP contribution in [0.15, 0.2) is 12.5 Å². The normalized spacial score (nSPS) is 9.20. The standard InChI is InChI=1S/C5H7N5/c6-4(7)3-1-9-2-10-5(3)8/h1-2H,(H3,6,7)(H2,8,9,10). The van der Waals surface area contributed by atoms with Crippen molar-refractivity contribution in [2.75, 3.05) is 5.73 Å². The van der Waals surface area contributed by atoms with E-state index in [1.54, 1.807) is 0 Å². The van der Waals surface area contributed by atoms with Gasteiger partial charge in [-0.1, -0.05) is 0 Å². The van der Waals surface area contributed by atoms with E-state index in [1.165, 1.54) is 12.5 Å². The highest BCUT2D eigenvalue weighted by atomic mass is 14.9. The van der Waals surface area contributed by atoms with Crippen LogP contribution in [0.5, 0.6) is 0 Å². The summed E-state index contributed by atoms with van der Waals surface area (Å²) < 4.78 is 0. The maximum atomic E-state index is 6.99. The zero-order valence-electron chi connectivity index (χ0n) is 5.20. The summed E-state index contributed by atoms with van der Waals surface area (Å²) in [5, 5.41) is 6.99. The van der Waals surface area contributed by atoms with Crippen molar-refractivity contribution in [2.45, 2.75) is 0 Å². The van der Waals surface area contributed by atoms with Crippen LogP contribution in [0.1, 0.15) is 5.56 Å². The first-order chi connectivity index (χ1) is 4.72. The van der Waals surface area contributed by atoms with Crippen LogP contribution < -0.4 is 11.5 Å². The van der Waals surface area contributed by atoms with Gasteiger partial charge in [0, 0.05) is 6.20 Å². The number of nitrogens with one attached hydrogen (secondary N) is 1. The second-order valence-corrected chi connectivity index (χ2v) is 1.74. The molecule has 0 saturated heterocycles. The molecular formula is C5H7N5. The van der Waals surface area contributed by atoms with Gasteiger partial charge in [0.1, 0.15) is 18.0 Å². The number of anilines is 1. The van der Waals surface area contributed by atoms with E-state index in [1.807, 2.05) is 0 Å². The Morgan fingerprint density at radius 2 is 2.30 bits per heavy atom. The van der Waals surface area contributed by atoms with E-state index < -0.39 is 0 Å². The Balaban J connectivity index is 3.15. The molecule has 5 heteroatoms. The van der Waals surface area contributed by atoms with Gasteiger partial charge in [-0.25, -0.2) is 9.97 Å². The fourth-order valence-electron chi connectivity index (χ4n) is 0.547. The quantitative estimate of drug-likeness (QED) is 0.353. The van der Waals surface area contributed by atoms with Gasteiger partial charge in [-0.2, -0.15) is 0 Å². The lowest BCUT2D eigenvalue weighted by Gasteiger charge is -1.98. The van der Waals surface area contributed by atoms with Crippen LogP contribution in [-0.2, 0) is 0 Å². The Kier molecular flexibility index (Phi) is 1.49. The molecule has 52 valence electrons. The summed E-state index contributed by atoms with van der Waals surface area (Å²) >= 11 is 0. The number of nitrogen functional groups attached to an aromatic ring is 2. The van der Waals surface area contributed by atoms with Gasteiger partial charge >= 0.3 is 0 Å². The summed E-state index contributed by atoms with van der Waals surface area (Å²) in [5.74, 6) is 0.126. The molecule has 5 N–H and O–H groups in total. The molecule has 0 aliphatic carbocycles. The number of amidine groups is 1. The zero-order valence-corrected chi connectivity index (χ0v) is 5.20. The van der Waals surface area contributed by atoms with Crippen molar-refractivity contribution in [3.63, 3.8) is 0 Å². The van der Waals surface area contributed by atoms with Crippen molar-refractivity contribution in [1.29, 1.82) is 5.41 Å². The molecule has 0 unspecified atom stereocenters. The molecule has 1 aromatic heterocycles. The predicted molar refractivity (Wildman–Crippen MR) is 37.5 cm³/mol. The summed E-state index contributed by atoms with van der Waals surface area (Å²) in [4.78, 5) is 7.30. The molecular weight excluding hydrogens is 130 g/mol. The SMILES string of the molecule is N=C(N)c1cncnc1N. The van der Waals surface area contributed by atoms with Crippen LogP contribution in [0.4, 0.5) is 5.82 Å². The van der Waals surface area contributed by atoms with Gasteiger partial charge in [-0.15, -0.1) is 0 Å². The van der Waals surface area contributed by atoms with Gasteiger partial charge in [0.15, 0.2) is 0 Å². The van der Waals surface area contributed by atoms with E-state index in [-0.39, 0.29) is 11.7 Å². The van der Waals surface area contributed by atoms with Crippen molar-refractivity contribution >= 4 is 11.7 Å². The van der Waals surface area contributed by atoms with E-state index in [4.69, 9.17) is 16.9 Å². The first-order valence-corrected chi connectivity index (χ1v) is 2.61. The molecule has 1 rings (SSSR count). The first kappa shape index (κ1) is 6.47. The monoisotopic (exact) mass is 137 g/mol. The van der Waals surface area contributed by atoms with Crippen LogP contribution in [0, 0.1) is 5.41 Å². The molecule has 5 nitrogen and oxygen atoms in total. The minimum Gasteiger partial charge on any atom is -0.384 e. The van der Waals surface area contributed by atoms with E-state index in [0.717, 1.165) is 0 Å². The summed E-state index contributed by atoms with van der Waals surface area (Å²) in [6.45, 7) is 0. The molecule has 0 radical (unpaired) electrons. The third kappa shape index (κ3) is 1.02. The number of nitrogens with two attached hydrogens (primary N) is 2. The molecule has 0 spiro atoms. The maximum absolute atomic E-state index is 6.99. The minimum absolute atomic E-state index is 0.113. The Labute approximate surface area is 57.6 Å². The lowest BCUT2D eigenvalue weighted by molar-refractivity contribution is 1.16. The second-order valence-electron chi connectivity index (χ2n) is 1.74. The number of rotatable bonds is 1. The Morgan fingerprint density at radius 3 is 2.70 bits per heavy atom. The molecule has 10 heavy (non-hydrogen) atoms. The topological polar surface area (TPSA) is 102 Å². The highest BCUT2D eigenvalue weighted by Gasteiger charge is 2.00. The summed E-state index contributed by atoms with van der Waals surface area (Å²) in [5.41, 5.74) is 10.9. The van der Waals surface area contributed by atoms with Crippen molar-refractivity contribution in [2.24, 2.45) is 5.73 Å². The molecule has 0 amide bonds. The number of aromatic nitrogens is 2. The molecule has 0 atom stereocenters. The van der Waals surface area contributed by atoms with Crippen molar-refractivity contribution < 1.29 is 0 Å². The van der Waals surface area contributed by atoms with Crippen molar-refractivity contribution in [3.05, 3.63) is 18.1 Å². The van der Waals surface area contributed by atoms with Crippen LogP contribution in [0.2, 0.25) is 0 Å². The summed E-state index contributed by atoms with van der Waals surface area (Å²) in [6, 6.07) is 0. The maximum Gasteiger partial charge on any atom is 0.137 e. The number of nitrogens with zero attached hydrogens (tertiary/aromatic N) is 2. The second kappa shape index (κ2) is 2.30. The number of hydrogen-bond acceptors (Lipinski definition) is 4. The van der Waals surface area contributed by atoms with E-state index >= 15 is 0 Å². The highest BCUT2D eigenvalue weighted by molar-refractivity contribution is 5.98. The zero-order chi connectivity index (χ0) is 7.56. The minimum atomic E-state index is -0.113. The van der Waals surface area contributed by atoms with Gasteiger partial charge in [0.05, 0.1) is 5.56 Å². The predicted octanol–water partition coefficient (Wildman–Crippen LogP) is -0.657. The summed E-state index contributed by atoms with van der Waals surface area (Å²) in [7, 11) is 0. The molecule has 0 saturated carbocycles. The average Bonchev–Trinajstić information content (AvgIpc) is 1.88. The Hall–Kier alpha value is -1.65. The molecule has 1 heterocycles. The Bertz CT molecular complexity index is 256. The largest absolute Gasteiger partial charge is 0.384 e. The van der Waals surface area contributed by atoms with Gasteiger partial charge in [0.2, 0.25) is 0 Å². The molecule has 0 aliphatic rings. The lowest BCUT2D eigenvalue weighted by atomic mass is 10.3. The smallest absolute Gasteiger partial charge is 0.137 e. The third-order valence-electron chi connectivity index (χ3n) is 1.03. The van der Waals surface area contributed by atoms with Crippen molar-refractivity contribution in [1.82, 2.24) is 9.97 Å². The third-order valence-corrected chi connectivity index (χ3v) is 1.03. The molecule has 0 aliphatic heterocycles. The number of hydrogen-bond donors (Lipinski definition) is 3. The molecule has 0 aromatic carbocycles. The van der Waals surface area contributed by atoms with Crippen LogP contribution >= 0.6 is 0 Å². The van der Waals surface area contributed by atoms with Gasteiger partial charge in [-0.3, -0.25) is 5.41 Å². The van der Waals surface area contributed by atoms with E-state index in [9.17, 15) is 0 Å². The molecule has 1 aromatic rings. The van der Waals surface area contributed by atoms with E-state index in [2.05, 4.69) is 9.97 Å². The van der Waals surface area contributed by atoms with Gasteiger partial charge < -0.3 is 11.5 Å². The molecule has 0 bridgehead atoms. The first-order valence-electron chi connectivity index (χ1n) is 2.61. The lowest BCUT2D eigenvalue weighted by Crippen LogP contribution is -2.14. The molecule has 0 fully saturated rings. The van der Waals surface area contributed by atoms with Gasteiger partial charge in [0.25, 0.3) is 0 Å². The fraction of sp³-hybridized carbons (Fsp3) is 0. The van der Waals surface area contributed by atoms with Crippen LogP contribution in [-0.4, -0.2) is 15.8 Å². The highest BCUT2D eigenvalue weighted by Crippen LogP contribution is 2.01. The summed E-state index contributed by atoms with van der Waals surface area (Å²) in [6.07, 6.45) is 2.71. The fourth-order valence-corrected chi connectivity index (χ4v) is 0.547.